The maximum absolute atomic E-state index is 12.5. The van der Waals surface area contributed by atoms with Crippen LogP contribution in [0.25, 0.3) is 0 Å². The first-order chi connectivity index (χ1) is 6.02. The summed E-state index contributed by atoms with van der Waals surface area (Å²) in [5, 5.41) is 9.86. The lowest BCUT2D eigenvalue weighted by molar-refractivity contribution is -0.161. The summed E-state index contributed by atoms with van der Waals surface area (Å²) < 4.78 is 25.7. The van der Waals surface area contributed by atoms with Crippen molar-refractivity contribution in [2.75, 3.05) is 5.75 Å². The Hall–Kier alpha value is -0.620. The molecule has 0 aliphatic heterocycles. The third-order valence-corrected chi connectivity index (χ3v) is 3.43. The van der Waals surface area contributed by atoms with Gasteiger partial charge in [-0.05, 0) is 11.4 Å². The lowest BCUT2D eigenvalue weighted by atomic mass is 10.4. The van der Waals surface area contributed by atoms with Gasteiger partial charge in [-0.25, -0.2) is 4.79 Å². The highest BCUT2D eigenvalue weighted by Gasteiger charge is 2.38. The summed E-state index contributed by atoms with van der Waals surface area (Å²) in [6.45, 7) is 0. The Labute approximate surface area is 81.6 Å². The molecule has 1 aromatic heterocycles. The van der Waals surface area contributed by atoms with E-state index in [1.807, 2.05) is 0 Å². The predicted octanol–water partition coefficient (Wildman–Crippen LogP) is 2.56. The highest BCUT2D eigenvalue weighted by molar-refractivity contribution is 8.01. The van der Waals surface area contributed by atoms with Crippen LogP contribution in [-0.2, 0) is 4.79 Å². The zero-order valence-corrected chi connectivity index (χ0v) is 8.00. The zero-order chi connectivity index (χ0) is 9.90. The molecule has 1 N–H and O–H groups in total. The molecule has 0 radical (unpaired) electrons. The maximum Gasteiger partial charge on any atom is 0.375 e. The van der Waals surface area contributed by atoms with Crippen molar-refractivity contribution in [3.05, 3.63) is 17.5 Å². The van der Waals surface area contributed by atoms with Gasteiger partial charge in [-0.15, -0.1) is 23.1 Å². The molecule has 6 heteroatoms. The Morgan fingerprint density at radius 2 is 2.38 bits per heavy atom. The first kappa shape index (κ1) is 10.5. The molecule has 0 amide bonds. The topological polar surface area (TPSA) is 37.3 Å². The molecule has 0 aliphatic carbocycles. The third kappa shape index (κ3) is 2.96. The molecule has 72 valence electrons. The molecule has 0 spiro atoms. The largest absolute Gasteiger partial charge is 0.477 e. The van der Waals surface area contributed by atoms with Gasteiger partial charge >= 0.3 is 11.9 Å². The number of alkyl halides is 2. The van der Waals surface area contributed by atoms with Crippen LogP contribution < -0.4 is 0 Å². The molecule has 2 nitrogen and oxygen atoms in total. The molecule has 1 heterocycles. The van der Waals surface area contributed by atoms with Crippen molar-refractivity contribution >= 4 is 29.1 Å². The van der Waals surface area contributed by atoms with Gasteiger partial charge in [0.2, 0.25) is 0 Å². The molecule has 1 rings (SSSR count). The number of hydrogen-bond donors (Lipinski definition) is 1. The van der Waals surface area contributed by atoms with Crippen molar-refractivity contribution in [3.8, 4) is 0 Å². The first-order valence-corrected chi connectivity index (χ1v) is 5.16. The quantitative estimate of drug-likeness (QED) is 0.798. The van der Waals surface area contributed by atoms with Gasteiger partial charge in [-0.2, -0.15) is 8.78 Å². The van der Waals surface area contributed by atoms with Crippen LogP contribution in [0.4, 0.5) is 8.78 Å². The highest BCUT2D eigenvalue weighted by Crippen LogP contribution is 2.29. The Kier molecular flexibility index (Phi) is 3.27. The smallest absolute Gasteiger partial charge is 0.375 e. The number of aliphatic carboxylic acids is 1. The number of rotatable bonds is 4. The molecule has 0 atom stereocenters. The average Bonchev–Trinajstić information content (AvgIpc) is 2.52. The van der Waals surface area contributed by atoms with Crippen LogP contribution in [0.3, 0.4) is 0 Å². The molecule has 1 aromatic rings. The number of thiophene rings is 1. The fourth-order valence-electron chi connectivity index (χ4n) is 0.569. The fraction of sp³-hybridized carbons (Fsp3) is 0.286. The second-order valence-corrected chi connectivity index (χ2v) is 4.45. The van der Waals surface area contributed by atoms with E-state index in [1.54, 1.807) is 17.5 Å². The van der Waals surface area contributed by atoms with Gasteiger partial charge in [0.25, 0.3) is 0 Å². The molecule has 0 saturated carbocycles. The second-order valence-electron chi connectivity index (χ2n) is 2.23. The lowest BCUT2D eigenvalue weighted by Gasteiger charge is -2.08. The van der Waals surface area contributed by atoms with Crippen LogP contribution >= 0.6 is 23.1 Å². The summed E-state index contributed by atoms with van der Waals surface area (Å²) in [6.07, 6.45) is 0. The van der Waals surface area contributed by atoms with E-state index in [0.717, 1.165) is 11.8 Å². The number of carboxylic acid groups (broad SMARTS) is 1. The van der Waals surface area contributed by atoms with E-state index in [-0.39, 0.29) is 0 Å². The molecular weight excluding hydrogens is 218 g/mol. The molecule has 0 bridgehead atoms. The summed E-state index contributed by atoms with van der Waals surface area (Å²) in [4.78, 5) is 10.0. The number of carbonyl (C=O) groups is 1. The molecular formula is C7H6F2O2S2. The van der Waals surface area contributed by atoms with Crippen LogP contribution in [-0.4, -0.2) is 22.8 Å². The molecule has 13 heavy (non-hydrogen) atoms. The van der Waals surface area contributed by atoms with Gasteiger partial charge in [-0.3, -0.25) is 0 Å². The molecule has 0 aromatic carbocycles. The number of carboxylic acids is 1. The fourth-order valence-corrected chi connectivity index (χ4v) is 2.25. The standard InChI is InChI=1S/C7H6F2O2S2/c8-7(9,6(10)11)4-13-5-2-1-3-12-5/h1-3H,4H2,(H,10,11). The highest BCUT2D eigenvalue weighted by atomic mass is 32.2. The Bertz CT molecular complexity index is 285. The van der Waals surface area contributed by atoms with Gasteiger partial charge < -0.3 is 5.11 Å². The summed E-state index contributed by atoms with van der Waals surface area (Å²) in [7, 11) is 0. The van der Waals surface area contributed by atoms with E-state index < -0.39 is 17.6 Å². The van der Waals surface area contributed by atoms with Crippen molar-refractivity contribution in [3.63, 3.8) is 0 Å². The van der Waals surface area contributed by atoms with Crippen molar-refractivity contribution in [1.29, 1.82) is 0 Å². The minimum Gasteiger partial charge on any atom is -0.477 e. The second kappa shape index (κ2) is 4.06. The molecule has 0 fully saturated rings. The van der Waals surface area contributed by atoms with E-state index in [0.29, 0.717) is 4.21 Å². The number of halogens is 2. The minimum absolute atomic E-state index is 0.695. The Balaban J connectivity index is 2.47. The Morgan fingerprint density at radius 3 is 2.85 bits per heavy atom. The first-order valence-electron chi connectivity index (χ1n) is 3.30. The van der Waals surface area contributed by atoms with Gasteiger partial charge in [-0.1, -0.05) is 6.07 Å². The molecule has 0 saturated heterocycles. The summed E-state index contributed by atoms with van der Waals surface area (Å²) in [5.41, 5.74) is 0. The number of hydrogen-bond acceptors (Lipinski definition) is 3. The monoisotopic (exact) mass is 224 g/mol. The van der Waals surface area contributed by atoms with Crippen LogP contribution in [0.2, 0.25) is 0 Å². The summed E-state index contributed by atoms with van der Waals surface area (Å²) in [6, 6.07) is 3.40. The van der Waals surface area contributed by atoms with E-state index in [9.17, 15) is 13.6 Å². The van der Waals surface area contributed by atoms with E-state index in [2.05, 4.69) is 0 Å². The predicted molar refractivity (Wildman–Crippen MR) is 47.6 cm³/mol. The summed E-state index contributed by atoms with van der Waals surface area (Å²) in [5.74, 6) is -6.44. The van der Waals surface area contributed by atoms with Gasteiger partial charge in [0.05, 0.1) is 9.96 Å². The lowest BCUT2D eigenvalue weighted by Crippen LogP contribution is -2.30. The average molecular weight is 224 g/mol. The van der Waals surface area contributed by atoms with Crippen molar-refractivity contribution < 1.29 is 18.7 Å². The van der Waals surface area contributed by atoms with Crippen LogP contribution in [0.15, 0.2) is 21.7 Å². The van der Waals surface area contributed by atoms with Crippen LogP contribution in [0.5, 0.6) is 0 Å². The van der Waals surface area contributed by atoms with Gasteiger partial charge in [0.15, 0.2) is 0 Å². The maximum atomic E-state index is 12.5. The number of thioether (sulfide) groups is 1. The zero-order valence-electron chi connectivity index (χ0n) is 6.37. The Morgan fingerprint density at radius 1 is 1.69 bits per heavy atom. The normalized spacial score (nSPS) is 11.5. The van der Waals surface area contributed by atoms with Crippen LogP contribution in [0, 0.1) is 0 Å². The van der Waals surface area contributed by atoms with E-state index in [4.69, 9.17) is 5.11 Å². The minimum atomic E-state index is -3.64. The van der Waals surface area contributed by atoms with E-state index >= 15 is 0 Å². The van der Waals surface area contributed by atoms with Gasteiger partial charge in [0.1, 0.15) is 0 Å². The van der Waals surface area contributed by atoms with Crippen molar-refractivity contribution in [2.24, 2.45) is 0 Å². The molecule has 0 aliphatic rings. The van der Waals surface area contributed by atoms with Crippen molar-refractivity contribution in [1.82, 2.24) is 0 Å². The van der Waals surface area contributed by atoms with Crippen molar-refractivity contribution in [2.45, 2.75) is 10.1 Å². The summed E-state index contributed by atoms with van der Waals surface area (Å²) >= 11 is 2.16. The van der Waals surface area contributed by atoms with Gasteiger partial charge in [0, 0.05) is 0 Å². The van der Waals surface area contributed by atoms with Crippen LogP contribution in [0.1, 0.15) is 0 Å². The van der Waals surface area contributed by atoms with E-state index in [1.165, 1.54) is 11.3 Å². The SMILES string of the molecule is O=C(O)C(F)(F)CSc1cccs1. The third-order valence-electron chi connectivity index (χ3n) is 1.20. The molecule has 0 unspecified atom stereocenters.